The molecule has 2 aliphatic rings. The third kappa shape index (κ3) is 8.20. The number of amides is 2. The zero-order valence-electron chi connectivity index (χ0n) is 23.9. The number of methoxy groups -OCH3 is 2. The highest BCUT2D eigenvalue weighted by Crippen LogP contribution is 2.29. The SMILES string of the molecule is C=CC1=C2C[C@@H](C)C[C@H](OC)[C@H](O)[C@@H](C)/C=C(\C)[C@H](OC(N)=O)[C@H](OC)/C=C\C=C(/C)C(=O)NC(=CC1=O)C2=O. The van der Waals surface area contributed by atoms with Gasteiger partial charge in [-0.2, -0.15) is 0 Å². The Labute approximate surface area is 235 Å². The molecule has 40 heavy (non-hydrogen) atoms. The molecule has 0 unspecified atom stereocenters. The third-order valence-corrected chi connectivity index (χ3v) is 7.04. The van der Waals surface area contributed by atoms with Crippen LogP contribution >= 0.6 is 0 Å². The number of carbonyl (C=O) groups excluding carboxylic acids is 4. The number of hydrogen-bond donors (Lipinski definition) is 3. The maximum absolute atomic E-state index is 13.4. The Kier molecular flexibility index (Phi) is 12.0. The predicted molar refractivity (Wildman–Crippen MR) is 150 cm³/mol. The van der Waals surface area contributed by atoms with Gasteiger partial charge < -0.3 is 30.4 Å². The van der Waals surface area contributed by atoms with E-state index in [2.05, 4.69) is 11.9 Å². The third-order valence-electron chi connectivity index (χ3n) is 7.04. The van der Waals surface area contributed by atoms with Crippen molar-refractivity contribution >= 4 is 23.6 Å². The largest absolute Gasteiger partial charge is 0.439 e. The molecule has 4 N–H and O–H groups in total. The first-order valence-electron chi connectivity index (χ1n) is 13.0. The lowest BCUT2D eigenvalue weighted by Gasteiger charge is -2.30. The fourth-order valence-corrected chi connectivity index (χ4v) is 4.83. The molecule has 0 fully saturated rings. The van der Waals surface area contributed by atoms with Crippen molar-refractivity contribution in [3.63, 3.8) is 0 Å². The van der Waals surface area contributed by atoms with Gasteiger partial charge in [-0.05, 0) is 38.2 Å². The number of fused-ring (bicyclic) bond motifs is 2. The molecule has 0 aromatic heterocycles. The van der Waals surface area contributed by atoms with E-state index in [1.807, 2.05) is 6.92 Å². The first-order valence-corrected chi connectivity index (χ1v) is 13.0. The molecule has 0 spiro atoms. The molecule has 10 nitrogen and oxygen atoms in total. The Morgan fingerprint density at radius 2 is 1.85 bits per heavy atom. The summed E-state index contributed by atoms with van der Waals surface area (Å²) in [6, 6.07) is 0. The van der Waals surface area contributed by atoms with Crippen molar-refractivity contribution in [1.29, 1.82) is 0 Å². The number of nitrogens with two attached hydrogens (primary N) is 1. The molecule has 0 aromatic carbocycles. The maximum Gasteiger partial charge on any atom is 0.405 e. The molecule has 0 saturated heterocycles. The maximum atomic E-state index is 13.4. The summed E-state index contributed by atoms with van der Waals surface area (Å²) in [5.41, 5.74) is 6.46. The van der Waals surface area contributed by atoms with Gasteiger partial charge in [-0.3, -0.25) is 14.4 Å². The van der Waals surface area contributed by atoms with E-state index in [4.69, 9.17) is 19.9 Å². The van der Waals surface area contributed by atoms with Crippen LogP contribution in [0.3, 0.4) is 0 Å². The molecule has 6 atom stereocenters. The zero-order chi connectivity index (χ0) is 30.1. The minimum atomic E-state index is -0.999. The molecule has 0 saturated carbocycles. The number of carbonyl (C=O) groups is 4. The first-order chi connectivity index (χ1) is 18.8. The van der Waals surface area contributed by atoms with Gasteiger partial charge in [0.2, 0.25) is 5.78 Å². The molecule has 2 bridgehead atoms. The van der Waals surface area contributed by atoms with Gasteiger partial charge in [0.1, 0.15) is 6.10 Å². The lowest BCUT2D eigenvalue weighted by Crippen LogP contribution is -2.37. The number of aliphatic hydroxyl groups is 1. The Morgan fingerprint density at radius 1 is 1.18 bits per heavy atom. The van der Waals surface area contributed by atoms with Crippen molar-refractivity contribution in [2.24, 2.45) is 17.6 Å². The number of allylic oxidation sites excluding steroid dienone is 6. The molecular weight excluding hydrogens is 516 g/mol. The number of Topliss-reactive ketones (excluding diaryl/α,β-unsaturated/α-hetero) is 1. The van der Waals surface area contributed by atoms with Crippen LogP contribution in [0.1, 0.15) is 40.5 Å². The average molecular weight is 557 g/mol. The highest BCUT2D eigenvalue weighted by Gasteiger charge is 2.32. The predicted octanol–water partition coefficient (Wildman–Crippen LogP) is 2.99. The average Bonchev–Trinajstić information content (AvgIpc) is 2.90. The van der Waals surface area contributed by atoms with Crippen molar-refractivity contribution in [1.82, 2.24) is 5.32 Å². The minimum absolute atomic E-state index is 0.126. The van der Waals surface area contributed by atoms with Crippen LogP contribution in [-0.2, 0) is 28.6 Å². The standard InChI is InChI=1S/C30H40N2O8/c1-8-20-21-12-16(2)13-25(39-7)26(34)18(4)14-19(5)28(40-30(31)37)24(38-6)11-9-10-17(3)29(36)32-22(27(21)35)15-23(20)33/h8-11,14-16,18,24-26,28,34H,1,12-13H2,2-7H3,(H2,31,37)(H,32,36)/b11-9-,17-10+,19-14+/t16-,18+,24-,25+,26-,28+/m1/s1. The number of ether oxygens (including phenoxy) is 3. The number of primary amides is 1. The van der Waals surface area contributed by atoms with Crippen LogP contribution in [0.4, 0.5) is 4.79 Å². The number of hydrogen-bond acceptors (Lipinski definition) is 8. The molecule has 10 heteroatoms. The van der Waals surface area contributed by atoms with Gasteiger partial charge >= 0.3 is 6.09 Å². The summed E-state index contributed by atoms with van der Waals surface area (Å²) in [5.74, 6) is -2.09. The van der Waals surface area contributed by atoms with Gasteiger partial charge in [-0.25, -0.2) is 4.79 Å². The lowest BCUT2D eigenvalue weighted by atomic mass is 9.83. The summed E-state index contributed by atoms with van der Waals surface area (Å²) < 4.78 is 16.5. The monoisotopic (exact) mass is 556 g/mol. The summed E-state index contributed by atoms with van der Waals surface area (Å²) in [6.45, 7) is 10.7. The van der Waals surface area contributed by atoms with Crippen LogP contribution < -0.4 is 11.1 Å². The summed E-state index contributed by atoms with van der Waals surface area (Å²) in [4.78, 5) is 50.7. The van der Waals surface area contributed by atoms with Gasteiger partial charge in [-0.15, -0.1) is 0 Å². The fraction of sp³-hybridized carbons (Fsp3) is 0.467. The Bertz CT molecular complexity index is 1180. The normalized spacial score (nSPS) is 32.7. The number of aliphatic hydroxyl groups excluding tert-OH is 1. The number of nitrogens with one attached hydrogen (secondary N) is 1. The van der Waals surface area contributed by atoms with E-state index in [-0.39, 0.29) is 34.8 Å². The zero-order valence-corrected chi connectivity index (χ0v) is 23.9. The molecule has 0 aromatic rings. The second-order valence-corrected chi connectivity index (χ2v) is 10.2. The van der Waals surface area contributed by atoms with E-state index in [0.717, 1.165) is 6.08 Å². The lowest BCUT2D eigenvalue weighted by molar-refractivity contribution is -0.120. The fourth-order valence-electron chi connectivity index (χ4n) is 4.83. The van der Waals surface area contributed by atoms with Crippen molar-refractivity contribution < 1.29 is 38.5 Å². The summed E-state index contributed by atoms with van der Waals surface area (Å²) in [5, 5.41) is 13.7. The molecule has 218 valence electrons. The van der Waals surface area contributed by atoms with Crippen LogP contribution in [0.25, 0.3) is 0 Å². The number of ketones is 2. The van der Waals surface area contributed by atoms with Crippen molar-refractivity contribution in [3.8, 4) is 0 Å². The van der Waals surface area contributed by atoms with E-state index < -0.39 is 53.9 Å². The van der Waals surface area contributed by atoms with Crippen LogP contribution in [0.15, 0.2) is 71.0 Å². The molecule has 2 rings (SSSR count). The van der Waals surface area contributed by atoms with E-state index in [0.29, 0.717) is 12.0 Å². The quantitative estimate of drug-likeness (QED) is 0.353. The first kappa shape index (κ1) is 32.6. The van der Waals surface area contributed by atoms with Gasteiger partial charge in [0, 0.05) is 42.9 Å². The summed E-state index contributed by atoms with van der Waals surface area (Å²) >= 11 is 0. The minimum Gasteiger partial charge on any atom is -0.439 e. The number of rotatable bonds is 4. The molecule has 1 heterocycles. The second kappa shape index (κ2) is 14.7. The van der Waals surface area contributed by atoms with Gasteiger partial charge in [0.25, 0.3) is 5.91 Å². The summed E-state index contributed by atoms with van der Waals surface area (Å²) in [7, 11) is 2.92. The second-order valence-electron chi connectivity index (χ2n) is 10.2. The van der Waals surface area contributed by atoms with E-state index in [1.54, 1.807) is 39.0 Å². The van der Waals surface area contributed by atoms with E-state index >= 15 is 0 Å². The van der Waals surface area contributed by atoms with Crippen molar-refractivity contribution in [2.45, 2.75) is 65.0 Å². The van der Waals surface area contributed by atoms with Crippen LogP contribution in [0.5, 0.6) is 0 Å². The van der Waals surface area contributed by atoms with E-state index in [9.17, 15) is 24.3 Å². The topological polar surface area (TPSA) is 154 Å². The van der Waals surface area contributed by atoms with Gasteiger partial charge in [0.05, 0.1) is 17.9 Å². The molecule has 1 aliphatic carbocycles. The van der Waals surface area contributed by atoms with Crippen molar-refractivity contribution in [2.75, 3.05) is 14.2 Å². The molecular formula is C30H40N2O8. The van der Waals surface area contributed by atoms with Crippen LogP contribution in [-0.4, -0.2) is 67.3 Å². The molecule has 2 amide bonds. The van der Waals surface area contributed by atoms with Crippen LogP contribution in [0, 0.1) is 11.8 Å². The van der Waals surface area contributed by atoms with Crippen LogP contribution in [0.2, 0.25) is 0 Å². The highest BCUT2D eigenvalue weighted by atomic mass is 16.6. The highest BCUT2D eigenvalue weighted by molar-refractivity contribution is 6.24. The van der Waals surface area contributed by atoms with Gasteiger partial charge in [0.15, 0.2) is 11.9 Å². The smallest absolute Gasteiger partial charge is 0.405 e. The summed E-state index contributed by atoms with van der Waals surface area (Å²) in [6.07, 6.45) is 5.15. The van der Waals surface area contributed by atoms with Crippen molar-refractivity contribution in [3.05, 3.63) is 71.0 Å². The Hall–Kier alpha value is -3.60. The Balaban J connectivity index is 2.61. The molecule has 1 aliphatic heterocycles. The Morgan fingerprint density at radius 3 is 2.42 bits per heavy atom. The van der Waals surface area contributed by atoms with Gasteiger partial charge in [-0.1, -0.05) is 50.8 Å². The molecule has 0 radical (unpaired) electrons. The van der Waals surface area contributed by atoms with E-state index in [1.165, 1.54) is 26.4 Å².